The minimum atomic E-state index is 0.134. The highest BCUT2D eigenvalue weighted by Crippen LogP contribution is 2.45. The van der Waals surface area contributed by atoms with Crippen molar-refractivity contribution < 1.29 is 9.90 Å². The second kappa shape index (κ2) is 2.57. The molecular formula is C8H13NO2. The minimum Gasteiger partial charge on any atom is -0.395 e. The number of carbonyl (C=O) groups excluding carboxylic acids is 1. The molecule has 1 aliphatic heterocycles. The number of aliphatic hydroxyl groups excluding tert-OH is 1. The predicted octanol–water partition coefficient (Wildman–Crippen LogP) is -0.360. The first-order valence-electron chi connectivity index (χ1n) is 4.20. The standard InChI is InChI=1S/C8H13NO2/c10-4-3-9-7(5-11)8(9)6-1-2-6/h5-8,10H,1-4H2/t7-,8+,9?/m0/s1. The van der Waals surface area contributed by atoms with Gasteiger partial charge in [0.1, 0.15) is 6.29 Å². The maximum Gasteiger partial charge on any atom is 0.138 e. The van der Waals surface area contributed by atoms with Crippen LogP contribution < -0.4 is 0 Å². The highest BCUT2D eigenvalue weighted by atomic mass is 16.3. The molecule has 1 saturated heterocycles. The Balaban J connectivity index is 1.86. The van der Waals surface area contributed by atoms with Gasteiger partial charge in [0.05, 0.1) is 12.6 Å². The Labute approximate surface area is 66.0 Å². The van der Waals surface area contributed by atoms with E-state index in [0.29, 0.717) is 12.6 Å². The third-order valence-corrected chi connectivity index (χ3v) is 2.63. The van der Waals surface area contributed by atoms with Crippen molar-refractivity contribution in [2.45, 2.75) is 24.9 Å². The van der Waals surface area contributed by atoms with Gasteiger partial charge in [-0.25, -0.2) is 0 Å². The molecule has 1 heterocycles. The van der Waals surface area contributed by atoms with Gasteiger partial charge in [0, 0.05) is 12.6 Å². The normalized spacial score (nSPS) is 42.1. The van der Waals surface area contributed by atoms with E-state index in [1.165, 1.54) is 12.8 Å². The first-order valence-corrected chi connectivity index (χ1v) is 4.20. The Hall–Kier alpha value is -0.410. The van der Waals surface area contributed by atoms with Crippen molar-refractivity contribution in [3.8, 4) is 0 Å². The van der Waals surface area contributed by atoms with Crippen molar-refractivity contribution in [1.29, 1.82) is 0 Å². The summed E-state index contributed by atoms with van der Waals surface area (Å²) in [4.78, 5) is 12.6. The topological polar surface area (TPSA) is 40.3 Å². The molecule has 2 fully saturated rings. The summed E-state index contributed by atoms with van der Waals surface area (Å²) in [5.41, 5.74) is 0. The van der Waals surface area contributed by atoms with Gasteiger partial charge in [-0.15, -0.1) is 0 Å². The zero-order chi connectivity index (χ0) is 7.84. The van der Waals surface area contributed by atoms with Crippen molar-refractivity contribution in [1.82, 2.24) is 4.90 Å². The van der Waals surface area contributed by atoms with E-state index in [4.69, 9.17) is 5.11 Å². The number of aliphatic hydroxyl groups is 1. The molecule has 3 nitrogen and oxygen atoms in total. The van der Waals surface area contributed by atoms with Crippen LogP contribution in [0.15, 0.2) is 0 Å². The Kier molecular flexibility index (Phi) is 1.69. The van der Waals surface area contributed by atoms with E-state index in [9.17, 15) is 4.79 Å². The monoisotopic (exact) mass is 155 g/mol. The van der Waals surface area contributed by atoms with Crippen LogP contribution in [0.4, 0.5) is 0 Å². The predicted molar refractivity (Wildman–Crippen MR) is 40.2 cm³/mol. The third-order valence-electron chi connectivity index (χ3n) is 2.63. The van der Waals surface area contributed by atoms with E-state index in [-0.39, 0.29) is 12.6 Å². The van der Waals surface area contributed by atoms with Gasteiger partial charge in [-0.1, -0.05) is 0 Å². The highest BCUT2D eigenvalue weighted by Gasteiger charge is 2.54. The van der Waals surface area contributed by atoms with E-state index in [2.05, 4.69) is 4.90 Å². The molecule has 2 aliphatic rings. The quantitative estimate of drug-likeness (QED) is 0.445. The van der Waals surface area contributed by atoms with Gasteiger partial charge in [-0.2, -0.15) is 0 Å². The first kappa shape index (κ1) is 7.25. The smallest absolute Gasteiger partial charge is 0.138 e. The van der Waals surface area contributed by atoms with Crippen LogP contribution in [0.5, 0.6) is 0 Å². The molecule has 62 valence electrons. The average molecular weight is 155 g/mol. The van der Waals surface area contributed by atoms with Gasteiger partial charge >= 0.3 is 0 Å². The van der Waals surface area contributed by atoms with E-state index in [0.717, 1.165) is 12.2 Å². The van der Waals surface area contributed by atoms with E-state index in [1.807, 2.05) is 0 Å². The van der Waals surface area contributed by atoms with E-state index < -0.39 is 0 Å². The van der Waals surface area contributed by atoms with Gasteiger partial charge in [-0.3, -0.25) is 4.90 Å². The fraction of sp³-hybridized carbons (Fsp3) is 0.875. The summed E-state index contributed by atoms with van der Waals surface area (Å²) < 4.78 is 0. The summed E-state index contributed by atoms with van der Waals surface area (Å²) in [7, 11) is 0. The molecule has 0 radical (unpaired) electrons. The summed E-state index contributed by atoms with van der Waals surface area (Å²) in [6, 6.07) is 0.620. The SMILES string of the molecule is O=C[C@H]1[C@@H](C2CC2)N1CCO. The van der Waals surface area contributed by atoms with Gasteiger partial charge in [0.25, 0.3) is 0 Å². The molecule has 0 aromatic rings. The van der Waals surface area contributed by atoms with Crippen molar-refractivity contribution in [2.75, 3.05) is 13.2 Å². The molecule has 0 bridgehead atoms. The lowest BCUT2D eigenvalue weighted by Crippen LogP contribution is -2.09. The van der Waals surface area contributed by atoms with Crippen molar-refractivity contribution in [2.24, 2.45) is 5.92 Å². The Bertz CT molecular complexity index is 167. The molecular weight excluding hydrogens is 142 g/mol. The maximum absolute atomic E-state index is 10.5. The second-order valence-electron chi connectivity index (χ2n) is 3.42. The maximum atomic E-state index is 10.5. The van der Waals surface area contributed by atoms with Gasteiger partial charge < -0.3 is 9.90 Å². The zero-order valence-corrected chi connectivity index (χ0v) is 6.44. The summed E-state index contributed by atoms with van der Waals surface area (Å²) in [5.74, 6) is 0.761. The number of carbonyl (C=O) groups is 1. The van der Waals surface area contributed by atoms with Crippen molar-refractivity contribution in [3.63, 3.8) is 0 Å². The second-order valence-corrected chi connectivity index (χ2v) is 3.42. The van der Waals surface area contributed by atoms with Gasteiger partial charge in [0.15, 0.2) is 0 Å². The van der Waals surface area contributed by atoms with E-state index in [1.54, 1.807) is 0 Å². The molecule has 2 rings (SSSR count). The molecule has 1 N–H and O–H groups in total. The lowest BCUT2D eigenvalue weighted by molar-refractivity contribution is -0.108. The van der Waals surface area contributed by atoms with Crippen LogP contribution in [-0.2, 0) is 4.79 Å². The summed E-state index contributed by atoms with van der Waals surface area (Å²) in [5, 5.41) is 8.65. The van der Waals surface area contributed by atoms with Crippen LogP contribution in [0.2, 0.25) is 0 Å². The number of β-amino-alcohol motifs (C(OH)–C–C–N with tert-alkyl or cyclic N) is 1. The molecule has 1 saturated carbocycles. The zero-order valence-electron chi connectivity index (χ0n) is 6.44. The van der Waals surface area contributed by atoms with Crippen LogP contribution in [0, 0.1) is 5.92 Å². The highest BCUT2D eigenvalue weighted by molar-refractivity contribution is 5.64. The van der Waals surface area contributed by atoms with E-state index >= 15 is 0 Å². The lowest BCUT2D eigenvalue weighted by Gasteiger charge is -1.96. The molecule has 11 heavy (non-hydrogen) atoms. The minimum absolute atomic E-state index is 0.134. The summed E-state index contributed by atoms with van der Waals surface area (Å²) in [6.45, 7) is 0.845. The molecule has 1 aliphatic carbocycles. The largest absolute Gasteiger partial charge is 0.395 e. The molecule has 1 unspecified atom stereocenters. The number of rotatable bonds is 4. The summed E-state index contributed by atoms with van der Waals surface area (Å²) in [6.07, 6.45) is 3.56. The average Bonchev–Trinajstić information content (AvgIpc) is 2.80. The van der Waals surface area contributed by atoms with Gasteiger partial charge in [0.2, 0.25) is 0 Å². The van der Waals surface area contributed by atoms with Crippen molar-refractivity contribution >= 4 is 6.29 Å². The van der Waals surface area contributed by atoms with Crippen LogP contribution in [0.1, 0.15) is 12.8 Å². The fourth-order valence-electron chi connectivity index (χ4n) is 1.88. The number of aldehydes is 1. The number of hydrogen-bond donors (Lipinski definition) is 1. The molecule has 3 atom stereocenters. The Morgan fingerprint density at radius 3 is 2.73 bits per heavy atom. The Morgan fingerprint density at radius 2 is 2.27 bits per heavy atom. The number of hydrogen-bond acceptors (Lipinski definition) is 3. The van der Waals surface area contributed by atoms with Crippen LogP contribution >= 0.6 is 0 Å². The fourth-order valence-corrected chi connectivity index (χ4v) is 1.88. The first-order chi connectivity index (χ1) is 5.38. The Morgan fingerprint density at radius 1 is 1.55 bits per heavy atom. The summed E-state index contributed by atoms with van der Waals surface area (Å²) >= 11 is 0. The lowest BCUT2D eigenvalue weighted by atomic mass is 10.2. The molecule has 0 aromatic heterocycles. The van der Waals surface area contributed by atoms with Crippen LogP contribution in [0.3, 0.4) is 0 Å². The van der Waals surface area contributed by atoms with Crippen LogP contribution in [0.25, 0.3) is 0 Å². The molecule has 0 amide bonds. The molecule has 0 aromatic carbocycles. The third kappa shape index (κ3) is 1.19. The van der Waals surface area contributed by atoms with Crippen molar-refractivity contribution in [3.05, 3.63) is 0 Å². The van der Waals surface area contributed by atoms with Gasteiger partial charge in [-0.05, 0) is 18.8 Å². The number of nitrogens with zero attached hydrogens (tertiary/aromatic N) is 1. The molecule has 3 heteroatoms. The molecule has 0 spiro atoms. The van der Waals surface area contributed by atoms with Crippen LogP contribution in [-0.4, -0.2) is 41.5 Å².